The predicted octanol–water partition coefficient (Wildman–Crippen LogP) is 1.33. The fraction of sp³-hybridized carbons (Fsp3) is 0.632. The predicted molar refractivity (Wildman–Crippen MR) is 95.0 cm³/mol. The number of benzene rings is 1. The van der Waals surface area contributed by atoms with Crippen LogP contribution in [0.3, 0.4) is 0 Å². The lowest BCUT2D eigenvalue weighted by atomic mass is 10.1. The number of nitrogens with zero attached hydrogens (tertiary/aromatic N) is 2. The van der Waals surface area contributed by atoms with Crippen LogP contribution in [0, 0.1) is 0 Å². The van der Waals surface area contributed by atoms with Crippen molar-refractivity contribution in [1.82, 2.24) is 9.80 Å². The third-order valence-corrected chi connectivity index (χ3v) is 4.38. The number of piperazine rings is 1. The Hall–Kier alpha value is -1.43. The van der Waals surface area contributed by atoms with Gasteiger partial charge in [0.25, 0.3) is 0 Å². The summed E-state index contributed by atoms with van der Waals surface area (Å²) in [7, 11) is 0. The molecule has 0 bridgehead atoms. The summed E-state index contributed by atoms with van der Waals surface area (Å²) in [5, 5.41) is 9.45. The lowest BCUT2D eigenvalue weighted by Crippen LogP contribution is -2.48. The molecular formula is C19H30N2O3. The van der Waals surface area contributed by atoms with Gasteiger partial charge in [-0.15, -0.1) is 0 Å². The first-order valence-electron chi connectivity index (χ1n) is 8.93. The first-order valence-corrected chi connectivity index (χ1v) is 8.93. The SMILES string of the molecule is CCOC(=O)Cc1ccc(CCN2CCN(CC(C)O)CC2)cc1. The maximum absolute atomic E-state index is 11.5. The van der Waals surface area contributed by atoms with Crippen LogP contribution in [0.5, 0.6) is 0 Å². The van der Waals surface area contributed by atoms with Crippen LogP contribution in [0.2, 0.25) is 0 Å². The molecule has 0 aromatic heterocycles. The Balaban J connectivity index is 1.70. The van der Waals surface area contributed by atoms with E-state index in [0.717, 1.165) is 51.3 Å². The molecule has 0 spiro atoms. The maximum atomic E-state index is 11.5. The van der Waals surface area contributed by atoms with E-state index in [0.29, 0.717) is 13.0 Å². The summed E-state index contributed by atoms with van der Waals surface area (Å²) in [6.45, 7) is 10.1. The lowest BCUT2D eigenvalue weighted by molar-refractivity contribution is -0.142. The van der Waals surface area contributed by atoms with E-state index in [2.05, 4.69) is 21.9 Å². The third kappa shape index (κ3) is 6.59. The van der Waals surface area contributed by atoms with Gasteiger partial charge in [-0.25, -0.2) is 0 Å². The summed E-state index contributed by atoms with van der Waals surface area (Å²) in [6, 6.07) is 8.26. The maximum Gasteiger partial charge on any atom is 0.310 e. The molecular weight excluding hydrogens is 304 g/mol. The van der Waals surface area contributed by atoms with Crippen LogP contribution in [-0.2, 0) is 22.4 Å². The molecule has 0 amide bonds. The van der Waals surface area contributed by atoms with E-state index in [9.17, 15) is 9.90 Å². The van der Waals surface area contributed by atoms with Crippen LogP contribution in [0.25, 0.3) is 0 Å². The number of ether oxygens (including phenoxy) is 1. The van der Waals surface area contributed by atoms with Gasteiger partial charge >= 0.3 is 5.97 Å². The average Bonchev–Trinajstić information content (AvgIpc) is 2.55. The fourth-order valence-corrected chi connectivity index (χ4v) is 3.06. The standard InChI is InChI=1S/C19H30N2O3/c1-3-24-19(23)14-18-6-4-17(5-7-18)8-9-20-10-12-21(13-11-20)15-16(2)22/h4-7,16,22H,3,8-15H2,1-2H3. The number of hydrogen-bond acceptors (Lipinski definition) is 5. The molecule has 1 N–H and O–H groups in total. The highest BCUT2D eigenvalue weighted by Gasteiger charge is 2.17. The highest BCUT2D eigenvalue weighted by atomic mass is 16.5. The van der Waals surface area contributed by atoms with Crippen molar-refractivity contribution in [2.45, 2.75) is 32.8 Å². The van der Waals surface area contributed by atoms with Crippen LogP contribution < -0.4 is 0 Å². The number of carbonyl (C=O) groups is 1. The number of rotatable bonds is 8. The summed E-state index contributed by atoms with van der Waals surface area (Å²) in [5.41, 5.74) is 2.30. The second kappa shape index (κ2) is 9.77. The van der Waals surface area contributed by atoms with Crippen molar-refractivity contribution in [3.8, 4) is 0 Å². The van der Waals surface area contributed by atoms with Gasteiger partial charge in [0.1, 0.15) is 0 Å². The van der Waals surface area contributed by atoms with Crippen molar-refractivity contribution in [2.75, 3.05) is 45.9 Å². The summed E-state index contributed by atoms with van der Waals surface area (Å²) < 4.78 is 4.97. The number of esters is 1. The van der Waals surface area contributed by atoms with Gasteiger partial charge in [0.15, 0.2) is 0 Å². The molecule has 1 aromatic carbocycles. The minimum atomic E-state index is -0.246. The highest BCUT2D eigenvalue weighted by Crippen LogP contribution is 2.09. The zero-order valence-electron chi connectivity index (χ0n) is 14.9. The number of aliphatic hydroxyl groups excluding tert-OH is 1. The normalized spacial score (nSPS) is 17.6. The third-order valence-electron chi connectivity index (χ3n) is 4.38. The van der Waals surface area contributed by atoms with E-state index >= 15 is 0 Å². The van der Waals surface area contributed by atoms with Crippen molar-refractivity contribution in [3.05, 3.63) is 35.4 Å². The Morgan fingerprint density at radius 1 is 1.12 bits per heavy atom. The van der Waals surface area contributed by atoms with Crippen LogP contribution >= 0.6 is 0 Å². The van der Waals surface area contributed by atoms with Crippen LogP contribution in [-0.4, -0.2) is 72.9 Å². The van der Waals surface area contributed by atoms with Gasteiger partial charge in [-0.05, 0) is 31.4 Å². The van der Waals surface area contributed by atoms with E-state index in [1.54, 1.807) is 0 Å². The van der Waals surface area contributed by atoms with Crippen LogP contribution in [0.4, 0.5) is 0 Å². The first kappa shape index (κ1) is 18.9. The number of carbonyl (C=O) groups excluding carboxylic acids is 1. The van der Waals surface area contributed by atoms with E-state index in [1.165, 1.54) is 5.56 Å². The number of β-amino-alcohol motifs (C(OH)–C–C–N with tert-alkyl or cyclic N) is 1. The Bertz CT molecular complexity index is 494. The van der Waals surface area contributed by atoms with Gasteiger partial charge in [0, 0.05) is 39.3 Å². The minimum absolute atomic E-state index is 0.166. The summed E-state index contributed by atoms with van der Waals surface area (Å²) in [6.07, 6.45) is 1.12. The van der Waals surface area contributed by atoms with Crippen molar-refractivity contribution >= 4 is 5.97 Å². The van der Waals surface area contributed by atoms with Gasteiger partial charge in [0.2, 0.25) is 0 Å². The molecule has 1 aliphatic heterocycles. The van der Waals surface area contributed by atoms with Gasteiger partial charge in [0.05, 0.1) is 19.1 Å². The van der Waals surface area contributed by atoms with Gasteiger partial charge in [-0.2, -0.15) is 0 Å². The average molecular weight is 334 g/mol. The number of hydrogen-bond donors (Lipinski definition) is 1. The zero-order chi connectivity index (χ0) is 17.4. The Morgan fingerprint density at radius 3 is 2.29 bits per heavy atom. The zero-order valence-corrected chi connectivity index (χ0v) is 14.9. The second-order valence-electron chi connectivity index (χ2n) is 6.54. The molecule has 1 unspecified atom stereocenters. The molecule has 0 saturated carbocycles. The topological polar surface area (TPSA) is 53.0 Å². The Labute approximate surface area is 145 Å². The quantitative estimate of drug-likeness (QED) is 0.727. The van der Waals surface area contributed by atoms with Gasteiger partial charge in [-0.3, -0.25) is 9.69 Å². The van der Waals surface area contributed by atoms with E-state index in [1.807, 2.05) is 26.0 Å². The molecule has 0 radical (unpaired) electrons. The smallest absolute Gasteiger partial charge is 0.310 e. The van der Waals surface area contributed by atoms with Crippen molar-refractivity contribution in [1.29, 1.82) is 0 Å². The molecule has 5 heteroatoms. The van der Waals surface area contributed by atoms with E-state index < -0.39 is 0 Å². The van der Waals surface area contributed by atoms with Crippen molar-refractivity contribution in [3.63, 3.8) is 0 Å². The molecule has 1 saturated heterocycles. The van der Waals surface area contributed by atoms with Crippen LogP contribution in [0.15, 0.2) is 24.3 Å². The monoisotopic (exact) mass is 334 g/mol. The molecule has 1 aliphatic rings. The molecule has 1 heterocycles. The molecule has 1 fully saturated rings. The highest BCUT2D eigenvalue weighted by molar-refractivity contribution is 5.72. The van der Waals surface area contributed by atoms with Gasteiger partial charge < -0.3 is 14.7 Å². The van der Waals surface area contributed by atoms with Crippen molar-refractivity contribution < 1.29 is 14.6 Å². The minimum Gasteiger partial charge on any atom is -0.466 e. The summed E-state index contributed by atoms with van der Waals surface area (Å²) >= 11 is 0. The largest absolute Gasteiger partial charge is 0.466 e. The first-order chi connectivity index (χ1) is 11.6. The molecule has 1 atom stereocenters. The molecule has 24 heavy (non-hydrogen) atoms. The molecule has 2 rings (SSSR count). The summed E-state index contributed by atoms with van der Waals surface area (Å²) in [4.78, 5) is 16.3. The Morgan fingerprint density at radius 2 is 1.71 bits per heavy atom. The van der Waals surface area contributed by atoms with Crippen LogP contribution in [0.1, 0.15) is 25.0 Å². The molecule has 134 valence electrons. The number of aliphatic hydroxyl groups is 1. The van der Waals surface area contributed by atoms with E-state index in [4.69, 9.17) is 4.74 Å². The van der Waals surface area contributed by atoms with E-state index in [-0.39, 0.29) is 12.1 Å². The summed E-state index contributed by atoms with van der Waals surface area (Å²) in [5.74, 6) is -0.166. The fourth-order valence-electron chi connectivity index (χ4n) is 3.06. The lowest BCUT2D eigenvalue weighted by Gasteiger charge is -2.35. The molecule has 1 aromatic rings. The second-order valence-corrected chi connectivity index (χ2v) is 6.54. The van der Waals surface area contributed by atoms with Crippen molar-refractivity contribution in [2.24, 2.45) is 0 Å². The molecule has 5 nitrogen and oxygen atoms in total. The van der Waals surface area contributed by atoms with Gasteiger partial charge in [-0.1, -0.05) is 24.3 Å². The molecule has 0 aliphatic carbocycles. The Kier molecular flexibility index (Phi) is 7.69.